The first-order valence-electron chi connectivity index (χ1n) is 9.20. The third kappa shape index (κ3) is 6.64. The number of anilines is 1. The molecule has 7 nitrogen and oxygen atoms in total. The maximum Gasteiger partial charge on any atom is 0.246 e. The lowest BCUT2D eigenvalue weighted by molar-refractivity contribution is -0.116. The molecular formula is C18H30ClN3O4S. The summed E-state index contributed by atoms with van der Waals surface area (Å²) in [5, 5.41) is 5.77. The molecule has 2 rings (SSSR count). The largest absolute Gasteiger partial charge is 0.492 e. The van der Waals surface area contributed by atoms with E-state index in [1.165, 1.54) is 10.4 Å². The molecule has 1 aromatic rings. The number of rotatable bonds is 9. The summed E-state index contributed by atoms with van der Waals surface area (Å²) in [6.07, 6.45) is 3.88. The topological polar surface area (TPSA) is 87.7 Å². The maximum absolute atomic E-state index is 13.1. The smallest absolute Gasteiger partial charge is 0.246 e. The standard InChI is InChI=1S/C18H29N3O4S.ClH/c1-3-25-16-10-9-15(20-18(22)8-7-11-19-2)14-17(16)26(23,24)21-12-5-4-6-13-21;/h9-10,14,19H,3-8,11-13H2,1-2H3,(H,20,22);1H. The molecule has 27 heavy (non-hydrogen) atoms. The van der Waals surface area contributed by atoms with Crippen molar-refractivity contribution in [3.05, 3.63) is 18.2 Å². The molecule has 1 aliphatic rings. The van der Waals surface area contributed by atoms with Gasteiger partial charge in [-0.1, -0.05) is 6.42 Å². The molecule has 0 aromatic heterocycles. The van der Waals surface area contributed by atoms with Crippen LogP contribution in [0.4, 0.5) is 5.69 Å². The third-order valence-corrected chi connectivity index (χ3v) is 6.21. The predicted molar refractivity (Wildman–Crippen MR) is 109 cm³/mol. The highest BCUT2D eigenvalue weighted by Gasteiger charge is 2.29. The van der Waals surface area contributed by atoms with Gasteiger partial charge in [0.15, 0.2) is 0 Å². The lowest BCUT2D eigenvalue weighted by Crippen LogP contribution is -2.35. The molecule has 9 heteroatoms. The fraction of sp³-hybridized carbons (Fsp3) is 0.611. The second-order valence-electron chi connectivity index (χ2n) is 6.31. The molecule has 0 unspecified atom stereocenters. The molecule has 154 valence electrons. The summed E-state index contributed by atoms with van der Waals surface area (Å²) in [6, 6.07) is 4.80. The van der Waals surface area contributed by atoms with Crippen LogP contribution in [0.5, 0.6) is 5.75 Å². The molecule has 0 bridgehead atoms. The van der Waals surface area contributed by atoms with Crippen LogP contribution < -0.4 is 15.4 Å². The lowest BCUT2D eigenvalue weighted by Gasteiger charge is -2.27. The van der Waals surface area contributed by atoms with Gasteiger partial charge in [0.25, 0.3) is 0 Å². The van der Waals surface area contributed by atoms with E-state index in [1.54, 1.807) is 12.1 Å². The Bertz CT molecular complexity index is 707. The molecule has 0 saturated carbocycles. The van der Waals surface area contributed by atoms with Gasteiger partial charge in [0.2, 0.25) is 15.9 Å². The van der Waals surface area contributed by atoms with Crippen LogP contribution in [0.3, 0.4) is 0 Å². The van der Waals surface area contributed by atoms with Gasteiger partial charge in [0, 0.05) is 25.2 Å². The Morgan fingerprint density at radius 2 is 1.93 bits per heavy atom. The van der Waals surface area contributed by atoms with Crippen LogP contribution >= 0.6 is 12.4 Å². The molecule has 0 aliphatic carbocycles. The fourth-order valence-corrected chi connectivity index (χ4v) is 4.63. The molecule has 1 fully saturated rings. The van der Waals surface area contributed by atoms with Crippen molar-refractivity contribution in [1.82, 2.24) is 9.62 Å². The SMILES string of the molecule is CCOc1ccc(NC(=O)CCCNC)cc1S(=O)(=O)N1CCCCC1.Cl. The summed E-state index contributed by atoms with van der Waals surface area (Å²) in [7, 11) is -1.81. The van der Waals surface area contributed by atoms with E-state index >= 15 is 0 Å². The van der Waals surface area contributed by atoms with Crippen LogP contribution in [-0.4, -0.2) is 51.9 Å². The van der Waals surface area contributed by atoms with Crippen molar-refractivity contribution in [3.63, 3.8) is 0 Å². The van der Waals surface area contributed by atoms with Gasteiger partial charge >= 0.3 is 0 Å². The van der Waals surface area contributed by atoms with Crippen LogP contribution in [0.1, 0.15) is 39.0 Å². The molecule has 1 heterocycles. The molecule has 1 aromatic carbocycles. The summed E-state index contributed by atoms with van der Waals surface area (Å²) in [4.78, 5) is 12.2. The number of piperidine rings is 1. The second-order valence-corrected chi connectivity index (χ2v) is 8.22. The number of hydrogen-bond acceptors (Lipinski definition) is 5. The normalized spacial score (nSPS) is 15.0. The van der Waals surface area contributed by atoms with Crippen molar-refractivity contribution in [2.45, 2.75) is 43.9 Å². The molecule has 1 amide bonds. The molecule has 0 atom stereocenters. The first-order valence-corrected chi connectivity index (χ1v) is 10.6. The van der Waals surface area contributed by atoms with E-state index < -0.39 is 10.0 Å². The highest BCUT2D eigenvalue weighted by atomic mass is 35.5. The molecule has 0 radical (unpaired) electrons. The van der Waals surface area contributed by atoms with Gasteiger partial charge in [-0.2, -0.15) is 4.31 Å². The first kappa shape index (κ1) is 23.7. The van der Waals surface area contributed by atoms with Gasteiger partial charge in [-0.25, -0.2) is 8.42 Å². The Balaban J connectivity index is 0.00000364. The Kier molecular flexibility index (Phi) is 10.1. The Labute approximate surface area is 168 Å². The summed E-state index contributed by atoms with van der Waals surface area (Å²) in [5.74, 6) is 0.192. The van der Waals surface area contributed by atoms with E-state index in [-0.39, 0.29) is 23.2 Å². The molecule has 1 saturated heterocycles. The van der Waals surface area contributed by atoms with Gasteiger partial charge in [-0.05, 0) is 58.0 Å². The molecule has 1 aliphatic heterocycles. The van der Waals surface area contributed by atoms with E-state index in [9.17, 15) is 13.2 Å². The Hall–Kier alpha value is -1.35. The van der Waals surface area contributed by atoms with Gasteiger partial charge in [-0.3, -0.25) is 4.79 Å². The lowest BCUT2D eigenvalue weighted by atomic mass is 10.2. The fourth-order valence-electron chi connectivity index (χ4n) is 2.96. The number of ether oxygens (including phenoxy) is 1. The number of carbonyl (C=O) groups is 1. The van der Waals surface area contributed by atoms with Crippen LogP contribution in [0.2, 0.25) is 0 Å². The number of carbonyl (C=O) groups excluding carboxylic acids is 1. The summed E-state index contributed by atoms with van der Waals surface area (Å²) >= 11 is 0. The summed E-state index contributed by atoms with van der Waals surface area (Å²) in [6.45, 7) is 3.99. The molecular weight excluding hydrogens is 390 g/mol. The third-order valence-electron chi connectivity index (χ3n) is 4.29. The summed E-state index contributed by atoms with van der Waals surface area (Å²) < 4.78 is 33.1. The van der Waals surface area contributed by atoms with Gasteiger partial charge < -0.3 is 15.4 Å². The zero-order valence-electron chi connectivity index (χ0n) is 16.0. The Morgan fingerprint density at radius 1 is 1.22 bits per heavy atom. The number of amides is 1. The average Bonchev–Trinajstić information content (AvgIpc) is 2.64. The van der Waals surface area contributed by atoms with Crippen LogP contribution in [0, 0.1) is 0 Å². The van der Waals surface area contributed by atoms with E-state index in [1.807, 2.05) is 14.0 Å². The number of nitrogens with zero attached hydrogens (tertiary/aromatic N) is 1. The zero-order chi connectivity index (χ0) is 19.0. The van der Waals surface area contributed by atoms with E-state index in [0.717, 1.165) is 32.2 Å². The number of benzene rings is 1. The van der Waals surface area contributed by atoms with E-state index in [0.29, 0.717) is 37.6 Å². The monoisotopic (exact) mass is 419 g/mol. The van der Waals surface area contributed by atoms with Crippen molar-refractivity contribution in [2.24, 2.45) is 0 Å². The Morgan fingerprint density at radius 3 is 2.56 bits per heavy atom. The highest BCUT2D eigenvalue weighted by molar-refractivity contribution is 7.89. The van der Waals surface area contributed by atoms with Crippen LogP contribution in [-0.2, 0) is 14.8 Å². The van der Waals surface area contributed by atoms with Crippen molar-refractivity contribution < 1.29 is 17.9 Å². The number of hydrogen-bond donors (Lipinski definition) is 2. The minimum atomic E-state index is -3.65. The number of nitrogens with one attached hydrogen (secondary N) is 2. The van der Waals surface area contributed by atoms with E-state index in [4.69, 9.17) is 4.74 Å². The van der Waals surface area contributed by atoms with E-state index in [2.05, 4.69) is 10.6 Å². The van der Waals surface area contributed by atoms with Gasteiger partial charge in [-0.15, -0.1) is 12.4 Å². The first-order chi connectivity index (χ1) is 12.5. The highest BCUT2D eigenvalue weighted by Crippen LogP contribution is 2.31. The minimum absolute atomic E-state index is 0. The van der Waals surface area contributed by atoms with Crippen LogP contribution in [0.25, 0.3) is 0 Å². The predicted octanol–water partition coefficient (Wildman–Crippen LogP) is 2.62. The van der Waals surface area contributed by atoms with Crippen molar-refractivity contribution >= 4 is 34.0 Å². The van der Waals surface area contributed by atoms with Crippen molar-refractivity contribution in [2.75, 3.05) is 38.6 Å². The zero-order valence-corrected chi connectivity index (χ0v) is 17.6. The van der Waals surface area contributed by atoms with Gasteiger partial charge in [0.05, 0.1) is 6.61 Å². The average molecular weight is 420 g/mol. The number of halogens is 1. The van der Waals surface area contributed by atoms with Gasteiger partial charge in [0.1, 0.15) is 10.6 Å². The number of sulfonamides is 1. The van der Waals surface area contributed by atoms with Crippen molar-refractivity contribution in [1.29, 1.82) is 0 Å². The minimum Gasteiger partial charge on any atom is -0.492 e. The molecule has 0 spiro atoms. The quantitative estimate of drug-likeness (QED) is 0.601. The molecule has 2 N–H and O–H groups in total. The maximum atomic E-state index is 13.1. The van der Waals surface area contributed by atoms with Crippen LogP contribution in [0.15, 0.2) is 23.1 Å². The second kappa shape index (κ2) is 11.5. The van der Waals surface area contributed by atoms with Crippen molar-refractivity contribution in [3.8, 4) is 5.75 Å². The summed E-state index contributed by atoms with van der Waals surface area (Å²) in [5.41, 5.74) is 0.471.